The van der Waals surface area contributed by atoms with Gasteiger partial charge in [-0.25, -0.2) is 13.1 Å². The average molecular weight is 320 g/mol. The SMILES string of the molecule is CC(C)C(O)CNC(=O)CCNS(=O)(=O)c1cccs1. The van der Waals surface area contributed by atoms with E-state index in [1.807, 2.05) is 13.8 Å². The second-order valence-corrected chi connectivity index (χ2v) is 7.64. The first kappa shape index (κ1) is 17.1. The van der Waals surface area contributed by atoms with Crippen LogP contribution in [-0.4, -0.2) is 38.6 Å². The van der Waals surface area contributed by atoms with Crippen LogP contribution in [-0.2, 0) is 14.8 Å². The van der Waals surface area contributed by atoms with Gasteiger partial charge in [0.1, 0.15) is 4.21 Å². The van der Waals surface area contributed by atoms with Crippen molar-refractivity contribution in [3.8, 4) is 0 Å². The van der Waals surface area contributed by atoms with Gasteiger partial charge in [-0.15, -0.1) is 11.3 Å². The molecule has 20 heavy (non-hydrogen) atoms. The van der Waals surface area contributed by atoms with E-state index in [-0.39, 0.29) is 35.5 Å². The van der Waals surface area contributed by atoms with Crippen LogP contribution in [0, 0.1) is 5.92 Å². The Bertz CT molecular complexity index is 512. The highest BCUT2D eigenvalue weighted by molar-refractivity contribution is 7.91. The van der Waals surface area contributed by atoms with E-state index in [1.165, 1.54) is 6.07 Å². The normalized spacial score (nSPS) is 13.4. The summed E-state index contributed by atoms with van der Waals surface area (Å²) in [4.78, 5) is 11.5. The van der Waals surface area contributed by atoms with Crippen molar-refractivity contribution in [1.82, 2.24) is 10.0 Å². The number of thiophene rings is 1. The molecule has 114 valence electrons. The van der Waals surface area contributed by atoms with Gasteiger partial charge >= 0.3 is 0 Å². The third kappa shape index (κ3) is 5.58. The van der Waals surface area contributed by atoms with Gasteiger partial charge in [-0.3, -0.25) is 4.79 Å². The molecule has 0 aliphatic rings. The molecule has 1 aromatic rings. The molecule has 1 heterocycles. The first-order valence-electron chi connectivity index (χ1n) is 6.31. The maximum absolute atomic E-state index is 11.8. The fourth-order valence-corrected chi connectivity index (χ4v) is 3.40. The number of sulfonamides is 1. The van der Waals surface area contributed by atoms with Crippen LogP contribution in [0.4, 0.5) is 0 Å². The topological polar surface area (TPSA) is 95.5 Å². The molecule has 0 bridgehead atoms. The highest BCUT2D eigenvalue weighted by atomic mass is 32.2. The Balaban J connectivity index is 2.29. The van der Waals surface area contributed by atoms with Crippen molar-refractivity contribution in [2.45, 2.75) is 30.6 Å². The van der Waals surface area contributed by atoms with E-state index in [4.69, 9.17) is 0 Å². The zero-order chi connectivity index (χ0) is 15.2. The van der Waals surface area contributed by atoms with Crippen molar-refractivity contribution in [2.24, 2.45) is 5.92 Å². The largest absolute Gasteiger partial charge is 0.391 e. The summed E-state index contributed by atoms with van der Waals surface area (Å²) in [5, 5.41) is 13.8. The van der Waals surface area contributed by atoms with E-state index >= 15 is 0 Å². The number of hydrogen-bond donors (Lipinski definition) is 3. The molecule has 1 atom stereocenters. The van der Waals surface area contributed by atoms with Crippen LogP contribution in [0.5, 0.6) is 0 Å². The number of hydrogen-bond acceptors (Lipinski definition) is 5. The lowest BCUT2D eigenvalue weighted by atomic mass is 10.1. The Kier molecular flexibility index (Phi) is 6.60. The molecule has 0 saturated heterocycles. The lowest BCUT2D eigenvalue weighted by molar-refractivity contribution is -0.121. The molecule has 1 unspecified atom stereocenters. The summed E-state index contributed by atoms with van der Waals surface area (Å²) in [7, 11) is -3.52. The number of nitrogens with one attached hydrogen (secondary N) is 2. The van der Waals surface area contributed by atoms with E-state index in [9.17, 15) is 18.3 Å². The Labute approximate surface area is 123 Å². The molecule has 8 heteroatoms. The fraction of sp³-hybridized carbons (Fsp3) is 0.583. The number of amides is 1. The van der Waals surface area contributed by atoms with Gasteiger partial charge in [-0.1, -0.05) is 19.9 Å². The van der Waals surface area contributed by atoms with Crippen LogP contribution in [0.3, 0.4) is 0 Å². The summed E-state index contributed by atoms with van der Waals surface area (Å²) in [6, 6.07) is 3.16. The van der Waals surface area contributed by atoms with Crippen LogP contribution in [0.25, 0.3) is 0 Å². The van der Waals surface area contributed by atoms with Gasteiger partial charge < -0.3 is 10.4 Å². The van der Waals surface area contributed by atoms with Gasteiger partial charge in [0.15, 0.2) is 0 Å². The average Bonchev–Trinajstić information content (AvgIpc) is 2.90. The number of carbonyl (C=O) groups excluding carboxylic acids is 1. The van der Waals surface area contributed by atoms with Crippen LogP contribution in [0.1, 0.15) is 20.3 Å². The molecule has 0 spiro atoms. The smallest absolute Gasteiger partial charge is 0.250 e. The minimum absolute atomic E-state index is 0.0316. The number of carbonyl (C=O) groups is 1. The van der Waals surface area contributed by atoms with E-state index in [0.29, 0.717) is 0 Å². The van der Waals surface area contributed by atoms with Crippen LogP contribution >= 0.6 is 11.3 Å². The molecule has 0 saturated carbocycles. The van der Waals surface area contributed by atoms with E-state index < -0.39 is 16.1 Å². The molecule has 0 fully saturated rings. The third-order valence-electron chi connectivity index (χ3n) is 2.68. The van der Waals surface area contributed by atoms with Gasteiger partial charge in [0, 0.05) is 19.5 Å². The first-order chi connectivity index (χ1) is 9.33. The molecule has 0 aliphatic heterocycles. The molecule has 6 nitrogen and oxygen atoms in total. The van der Waals surface area contributed by atoms with Gasteiger partial charge in [0.05, 0.1) is 6.10 Å². The van der Waals surface area contributed by atoms with Crippen LogP contribution in [0.2, 0.25) is 0 Å². The van der Waals surface area contributed by atoms with Crippen molar-refractivity contribution >= 4 is 27.3 Å². The Morgan fingerprint density at radius 1 is 1.45 bits per heavy atom. The second kappa shape index (κ2) is 7.72. The second-order valence-electron chi connectivity index (χ2n) is 4.70. The minimum Gasteiger partial charge on any atom is -0.391 e. The Morgan fingerprint density at radius 2 is 2.15 bits per heavy atom. The van der Waals surface area contributed by atoms with Crippen molar-refractivity contribution < 1.29 is 18.3 Å². The van der Waals surface area contributed by atoms with Crippen molar-refractivity contribution in [2.75, 3.05) is 13.1 Å². The zero-order valence-electron chi connectivity index (χ0n) is 11.5. The maximum atomic E-state index is 11.8. The lowest BCUT2D eigenvalue weighted by Gasteiger charge is -2.15. The maximum Gasteiger partial charge on any atom is 0.250 e. The summed E-state index contributed by atoms with van der Waals surface area (Å²) in [5.74, 6) is -0.230. The molecule has 1 aromatic heterocycles. The number of aliphatic hydroxyl groups is 1. The van der Waals surface area contributed by atoms with Gasteiger partial charge in [0.25, 0.3) is 0 Å². The van der Waals surface area contributed by atoms with E-state index in [0.717, 1.165) is 11.3 Å². The van der Waals surface area contributed by atoms with Crippen molar-refractivity contribution in [1.29, 1.82) is 0 Å². The van der Waals surface area contributed by atoms with Gasteiger partial charge in [0.2, 0.25) is 15.9 Å². The summed E-state index contributed by atoms with van der Waals surface area (Å²) < 4.78 is 26.1. The first-order valence-corrected chi connectivity index (χ1v) is 8.67. The monoisotopic (exact) mass is 320 g/mol. The van der Waals surface area contributed by atoms with Crippen molar-refractivity contribution in [3.63, 3.8) is 0 Å². The Morgan fingerprint density at radius 3 is 2.70 bits per heavy atom. The molecular formula is C12H20N2O4S2. The predicted molar refractivity (Wildman–Crippen MR) is 78.0 cm³/mol. The molecule has 0 aliphatic carbocycles. The van der Waals surface area contributed by atoms with Crippen LogP contribution < -0.4 is 10.0 Å². The lowest BCUT2D eigenvalue weighted by Crippen LogP contribution is -2.36. The molecular weight excluding hydrogens is 300 g/mol. The summed E-state index contributed by atoms with van der Waals surface area (Å²) in [6.45, 7) is 3.91. The molecule has 1 rings (SSSR count). The standard InChI is InChI=1S/C12H20N2O4S2/c1-9(2)10(15)8-13-11(16)5-6-14-20(17,18)12-4-3-7-19-12/h3-4,7,9-10,14-15H,5-6,8H2,1-2H3,(H,13,16). The minimum atomic E-state index is -3.52. The highest BCUT2D eigenvalue weighted by Gasteiger charge is 2.15. The number of aliphatic hydroxyl groups excluding tert-OH is 1. The van der Waals surface area contributed by atoms with Gasteiger partial charge in [-0.05, 0) is 17.4 Å². The summed E-state index contributed by atoms with van der Waals surface area (Å²) in [5.41, 5.74) is 0. The fourth-order valence-electron chi connectivity index (χ4n) is 1.33. The quantitative estimate of drug-likeness (QED) is 0.652. The molecule has 1 amide bonds. The van der Waals surface area contributed by atoms with Gasteiger partial charge in [-0.2, -0.15) is 0 Å². The van der Waals surface area contributed by atoms with Crippen LogP contribution in [0.15, 0.2) is 21.7 Å². The number of rotatable bonds is 8. The van der Waals surface area contributed by atoms with E-state index in [2.05, 4.69) is 10.0 Å². The third-order valence-corrected chi connectivity index (χ3v) is 5.54. The molecule has 3 N–H and O–H groups in total. The van der Waals surface area contributed by atoms with E-state index in [1.54, 1.807) is 11.4 Å². The zero-order valence-corrected chi connectivity index (χ0v) is 13.1. The summed E-state index contributed by atoms with van der Waals surface area (Å²) >= 11 is 1.12. The highest BCUT2D eigenvalue weighted by Crippen LogP contribution is 2.14. The molecule has 0 aromatic carbocycles. The Hall–Kier alpha value is -0.960. The van der Waals surface area contributed by atoms with Crippen molar-refractivity contribution in [3.05, 3.63) is 17.5 Å². The summed E-state index contributed by atoms with van der Waals surface area (Å²) in [6.07, 6.45) is -0.558. The molecule has 0 radical (unpaired) electrons. The predicted octanol–water partition coefficient (Wildman–Crippen LogP) is 0.550.